The Morgan fingerprint density at radius 2 is 1.88 bits per heavy atom. The van der Waals surface area contributed by atoms with Gasteiger partial charge in [0.1, 0.15) is 11.2 Å². The van der Waals surface area contributed by atoms with Crippen molar-refractivity contribution < 1.29 is 9.78 Å². The number of non-ortho nitro benzene ring substituents is 1. The molecule has 0 aliphatic carbocycles. The lowest BCUT2D eigenvalue weighted by molar-refractivity contribution is -0.449. The molecule has 0 aliphatic rings. The minimum Gasteiger partial charge on any atom is -0.594 e. The first kappa shape index (κ1) is 12.9. The van der Waals surface area contributed by atoms with Crippen LogP contribution in [0, 0.1) is 15.3 Å². The summed E-state index contributed by atoms with van der Waals surface area (Å²) >= 11 is 0. The predicted molar refractivity (Wildman–Crippen MR) is 63.0 cm³/mol. The molecule has 0 amide bonds. The quantitative estimate of drug-likeness (QED) is 0.281. The van der Waals surface area contributed by atoms with Crippen LogP contribution in [-0.4, -0.2) is 15.3 Å². The molecule has 17 heavy (non-hydrogen) atoms. The molecule has 0 spiro atoms. The summed E-state index contributed by atoms with van der Waals surface area (Å²) in [5, 5.41) is 26.1. The van der Waals surface area contributed by atoms with Gasteiger partial charge in [-0.15, -0.1) is 0 Å². The lowest BCUT2D eigenvalue weighted by Crippen LogP contribution is -2.13. The van der Waals surface area contributed by atoms with Gasteiger partial charge in [0.05, 0.1) is 11.0 Å². The van der Waals surface area contributed by atoms with Crippen molar-refractivity contribution in [2.45, 2.75) is 26.3 Å². The Morgan fingerprint density at radius 3 is 2.35 bits per heavy atom. The molecule has 0 saturated carbocycles. The lowest BCUT2D eigenvalue weighted by Gasteiger charge is -2.10. The number of benzene rings is 1. The smallest absolute Gasteiger partial charge is 0.276 e. The number of rotatable bonds is 2. The Kier molecular flexibility index (Phi) is 3.31. The Labute approximate surface area is 98.3 Å². The van der Waals surface area contributed by atoms with Crippen LogP contribution in [0.3, 0.4) is 0 Å². The summed E-state index contributed by atoms with van der Waals surface area (Å²) in [5.74, 6) is 0. The molecule has 0 bridgehead atoms. The maximum Gasteiger partial charge on any atom is 0.276 e. The first-order valence-corrected chi connectivity index (χ1v) is 4.95. The van der Waals surface area contributed by atoms with Crippen LogP contribution in [0.15, 0.2) is 23.3 Å². The fraction of sp³-hybridized carbons (Fsp3) is 0.400. The molecular formula is C10H14N4O3. The molecule has 2 N–H and O–H groups in total. The molecule has 0 heterocycles. The molecule has 0 fully saturated rings. The van der Waals surface area contributed by atoms with Gasteiger partial charge in [0.2, 0.25) is 0 Å². The molecule has 1 aromatic carbocycles. The van der Waals surface area contributed by atoms with Gasteiger partial charge in [0.15, 0.2) is 0 Å². The van der Waals surface area contributed by atoms with Gasteiger partial charge in [-0.3, -0.25) is 10.1 Å². The molecular weight excluding hydrogens is 224 g/mol. The second-order valence-electron chi connectivity index (χ2n) is 4.54. The number of nitro groups is 1. The average molecular weight is 238 g/mol. The van der Waals surface area contributed by atoms with Crippen LogP contribution in [0.25, 0.3) is 0 Å². The fourth-order valence-electron chi connectivity index (χ4n) is 1.14. The van der Waals surface area contributed by atoms with Crippen molar-refractivity contribution >= 4 is 17.1 Å². The fourth-order valence-corrected chi connectivity index (χ4v) is 1.14. The Morgan fingerprint density at radius 1 is 1.29 bits per heavy atom. The van der Waals surface area contributed by atoms with E-state index in [4.69, 9.17) is 5.73 Å². The van der Waals surface area contributed by atoms with Gasteiger partial charge in [0.25, 0.3) is 11.4 Å². The van der Waals surface area contributed by atoms with Crippen LogP contribution >= 0.6 is 0 Å². The summed E-state index contributed by atoms with van der Waals surface area (Å²) in [7, 11) is 0. The van der Waals surface area contributed by atoms with Crippen molar-refractivity contribution in [3.8, 4) is 0 Å². The normalized spacial score (nSPS) is 12.5. The monoisotopic (exact) mass is 238 g/mol. The first-order valence-electron chi connectivity index (χ1n) is 4.95. The van der Waals surface area contributed by atoms with Gasteiger partial charge >= 0.3 is 0 Å². The number of nitrogens with zero attached hydrogens (tertiary/aromatic N) is 3. The zero-order valence-corrected chi connectivity index (χ0v) is 9.88. The van der Waals surface area contributed by atoms with Crippen molar-refractivity contribution in [2.24, 2.45) is 5.11 Å². The van der Waals surface area contributed by atoms with E-state index >= 15 is 0 Å². The van der Waals surface area contributed by atoms with Crippen molar-refractivity contribution in [2.75, 3.05) is 5.73 Å². The van der Waals surface area contributed by atoms with Crippen LogP contribution in [0.4, 0.5) is 17.1 Å². The van der Waals surface area contributed by atoms with Gasteiger partial charge in [-0.05, 0) is 32.0 Å². The Hall–Kier alpha value is -2.18. The number of anilines is 1. The van der Waals surface area contributed by atoms with Crippen LogP contribution < -0.4 is 5.73 Å². The molecule has 92 valence electrons. The van der Waals surface area contributed by atoms with Crippen LogP contribution in [0.2, 0.25) is 0 Å². The molecule has 0 atom stereocenters. The SMILES string of the molecule is CC(C)(C)N=[N+]([O-])c1cc([N+](=O)[O-])ccc1N. The summed E-state index contributed by atoms with van der Waals surface area (Å²) in [6.07, 6.45) is 0. The summed E-state index contributed by atoms with van der Waals surface area (Å²) in [4.78, 5) is 10.3. The average Bonchev–Trinajstić information content (AvgIpc) is 2.14. The van der Waals surface area contributed by atoms with E-state index < -0.39 is 10.5 Å². The molecule has 0 aromatic heterocycles. The van der Waals surface area contributed by atoms with Crippen LogP contribution in [-0.2, 0) is 0 Å². The summed E-state index contributed by atoms with van der Waals surface area (Å²) in [6, 6.07) is 3.66. The second-order valence-corrected chi connectivity index (χ2v) is 4.54. The minimum atomic E-state index is -0.589. The Balaban J connectivity index is 3.26. The van der Waals surface area contributed by atoms with E-state index in [9.17, 15) is 15.3 Å². The Bertz CT molecular complexity index is 477. The van der Waals surface area contributed by atoms with E-state index in [0.29, 0.717) is 4.86 Å². The molecule has 0 saturated heterocycles. The number of nitro benzene ring substituents is 1. The maximum atomic E-state index is 11.7. The minimum absolute atomic E-state index is 0.0193. The third-order valence-corrected chi connectivity index (χ3v) is 1.82. The molecule has 1 rings (SSSR count). The molecule has 7 heteroatoms. The highest BCUT2D eigenvalue weighted by atomic mass is 16.6. The van der Waals surface area contributed by atoms with E-state index in [1.807, 2.05) is 0 Å². The largest absolute Gasteiger partial charge is 0.594 e. The zero-order valence-electron chi connectivity index (χ0n) is 9.88. The molecule has 0 aliphatic heterocycles. The summed E-state index contributed by atoms with van der Waals surface area (Å²) in [6.45, 7) is 5.22. The molecule has 0 unspecified atom stereocenters. The van der Waals surface area contributed by atoms with Crippen molar-refractivity contribution in [1.82, 2.24) is 0 Å². The topological polar surface area (TPSA) is 108 Å². The number of nitrogen functional groups attached to an aromatic ring is 1. The highest BCUT2D eigenvalue weighted by molar-refractivity contribution is 5.62. The van der Waals surface area contributed by atoms with E-state index in [1.165, 1.54) is 12.1 Å². The van der Waals surface area contributed by atoms with Crippen molar-refractivity contribution in [3.63, 3.8) is 0 Å². The molecule has 0 radical (unpaired) electrons. The van der Waals surface area contributed by atoms with Gasteiger partial charge in [-0.1, -0.05) is 4.86 Å². The number of azo groups is 1. The third-order valence-electron chi connectivity index (χ3n) is 1.82. The highest BCUT2D eigenvalue weighted by Crippen LogP contribution is 2.27. The maximum absolute atomic E-state index is 11.7. The van der Waals surface area contributed by atoms with Crippen molar-refractivity contribution in [1.29, 1.82) is 0 Å². The highest BCUT2D eigenvalue weighted by Gasteiger charge is 2.19. The lowest BCUT2D eigenvalue weighted by atomic mass is 10.1. The van der Waals surface area contributed by atoms with E-state index in [2.05, 4.69) is 5.11 Å². The number of hydrogen-bond donors (Lipinski definition) is 1. The van der Waals surface area contributed by atoms with Gasteiger partial charge in [-0.2, -0.15) is 0 Å². The summed E-state index contributed by atoms with van der Waals surface area (Å²) < 4.78 is 0. The number of hydrogen-bond acceptors (Lipinski definition) is 5. The second kappa shape index (κ2) is 4.36. The molecule has 7 nitrogen and oxygen atoms in total. The standard InChI is InChI=1S/C10H14N4O3/c1-10(2,3)12-13(15)9-6-7(14(16)17)4-5-8(9)11/h4-6H,11H2,1-3H3. The summed E-state index contributed by atoms with van der Waals surface area (Å²) in [5.41, 5.74) is 4.94. The van der Waals surface area contributed by atoms with Crippen LogP contribution in [0.5, 0.6) is 0 Å². The van der Waals surface area contributed by atoms with Crippen molar-refractivity contribution in [3.05, 3.63) is 33.5 Å². The van der Waals surface area contributed by atoms with Crippen LogP contribution in [0.1, 0.15) is 20.8 Å². The van der Waals surface area contributed by atoms with E-state index in [1.54, 1.807) is 20.8 Å². The van der Waals surface area contributed by atoms with Gasteiger partial charge in [0, 0.05) is 6.07 Å². The predicted octanol–water partition coefficient (Wildman–Crippen LogP) is 2.57. The first-order chi connectivity index (χ1) is 7.70. The number of nitrogens with two attached hydrogens (primary N) is 1. The van der Waals surface area contributed by atoms with Gasteiger partial charge in [-0.25, -0.2) is 0 Å². The van der Waals surface area contributed by atoms with Gasteiger partial charge < -0.3 is 10.9 Å². The zero-order chi connectivity index (χ0) is 13.2. The van der Waals surface area contributed by atoms with E-state index in [-0.39, 0.29) is 17.1 Å². The third kappa shape index (κ3) is 3.40. The van der Waals surface area contributed by atoms with E-state index in [0.717, 1.165) is 6.07 Å². The molecule has 1 aromatic rings.